The highest BCUT2D eigenvalue weighted by Gasteiger charge is 2.43. The van der Waals surface area contributed by atoms with Crippen molar-refractivity contribution in [3.8, 4) is 0 Å². The molecule has 1 fully saturated rings. The zero-order valence-electron chi connectivity index (χ0n) is 6.66. The van der Waals surface area contributed by atoms with Crippen molar-refractivity contribution >= 4 is 6.09 Å². The van der Waals surface area contributed by atoms with Crippen molar-refractivity contribution in [3.05, 3.63) is 0 Å². The molecule has 1 saturated carbocycles. The highest BCUT2D eigenvalue weighted by molar-refractivity contribution is 5.65. The molecule has 0 aromatic rings. The van der Waals surface area contributed by atoms with Gasteiger partial charge in [0.1, 0.15) is 0 Å². The number of aliphatic hydroxyl groups is 2. The molecule has 1 amide bonds. The molecule has 0 saturated heterocycles. The minimum Gasteiger partial charge on any atom is -0.465 e. The molecule has 0 aromatic heterocycles. The predicted octanol–water partition coefficient (Wildman–Crippen LogP) is -0.613. The fraction of sp³-hybridized carbons (Fsp3) is 0.857. The first-order chi connectivity index (χ1) is 5.62. The lowest BCUT2D eigenvalue weighted by Gasteiger charge is -2.45. The maximum absolute atomic E-state index is 10.2. The second-order valence-corrected chi connectivity index (χ2v) is 3.37. The summed E-state index contributed by atoms with van der Waals surface area (Å²) in [5.74, 6) is 0. The van der Waals surface area contributed by atoms with E-state index in [9.17, 15) is 4.79 Å². The van der Waals surface area contributed by atoms with Gasteiger partial charge in [0.25, 0.3) is 0 Å². The Labute approximate surface area is 70.0 Å². The standard InChI is InChI=1S/C7H13NO4/c9-3-7(4-10)1-5(2-7)8-6(11)12/h5,8-10H,1-4H2,(H,11,12). The van der Waals surface area contributed by atoms with Crippen molar-refractivity contribution in [3.63, 3.8) is 0 Å². The number of carboxylic acid groups (broad SMARTS) is 1. The minimum atomic E-state index is -1.05. The van der Waals surface area contributed by atoms with Crippen LogP contribution < -0.4 is 5.32 Å². The summed E-state index contributed by atoms with van der Waals surface area (Å²) in [7, 11) is 0. The van der Waals surface area contributed by atoms with Gasteiger partial charge in [-0.1, -0.05) is 0 Å². The van der Waals surface area contributed by atoms with E-state index in [2.05, 4.69) is 5.32 Å². The average Bonchev–Trinajstić information content (AvgIpc) is 1.95. The van der Waals surface area contributed by atoms with Crippen LogP contribution in [0.15, 0.2) is 0 Å². The van der Waals surface area contributed by atoms with Crippen LogP contribution in [0.5, 0.6) is 0 Å². The van der Waals surface area contributed by atoms with Crippen molar-refractivity contribution in [2.75, 3.05) is 13.2 Å². The van der Waals surface area contributed by atoms with Gasteiger partial charge in [0.2, 0.25) is 0 Å². The Morgan fingerprint density at radius 1 is 1.42 bits per heavy atom. The van der Waals surface area contributed by atoms with Crippen molar-refractivity contribution < 1.29 is 20.1 Å². The van der Waals surface area contributed by atoms with Gasteiger partial charge in [-0.05, 0) is 12.8 Å². The van der Waals surface area contributed by atoms with Crippen molar-refractivity contribution in [2.24, 2.45) is 5.41 Å². The zero-order chi connectivity index (χ0) is 9.19. The summed E-state index contributed by atoms with van der Waals surface area (Å²) in [6.45, 7) is -0.164. The Morgan fingerprint density at radius 3 is 2.25 bits per heavy atom. The Hall–Kier alpha value is -0.810. The largest absolute Gasteiger partial charge is 0.465 e. The monoisotopic (exact) mass is 175 g/mol. The van der Waals surface area contributed by atoms with Crippen molar-refractivity contribution in [1.29, 1.82) is 0 Å². The van der Waals surface area contributed by atoms with Crippen LogP contribution in [-0.4, -0.2) is 40.7 Å². The number of hydrogen-bond donors (Lipinski definition) is 4. The van der Waals surface area contributed by atoms with Crippen molar-refractivity contribution in [2.45, 2.75) is 18.9 Å². The number of nitrogens with one attached hydrogen (secondary N) is 1. The predicted molar refractivity (Wildman–Crippen MR) is 40.8 cm³/mol. The molecule has 1 aliphatic carbocycles. The maximum Gasteiger partial charge on any atom is 0.404 e. The lowest BCUT2D eigenvalue weighted by molar-refractivity contribution is -0.0301. The topological polar surface area (TPSA) is 89.8 Å². The Balaban J connectivity index is 2.30. The molecule has 0 atom stereocenters. The molecule has 4 N–H and O–H groups in total. The maximum atomic E-state index is 10.2. The first-order valence-electron chi connectivity index (χ1n) is 3.83. The van der Waals surface area contributed by atoms with Gasteiger partial charge in [-0.2, -0.15) is 0 Å². The van der Waals surface area contributed by atoms with E-state index in [0.717, 1.165) is 0 Å². The van der Waals surface area contributed by atoms with Gasteiger partial charge in [0, 0.05) is 11.5 Å². The van der Waals surface area contributed by atoms with Crippen LogP contribution in [0.1, 0.15) is 12.8 Å². The third-order valence-electron chi connectivity index (χ3n) is 2.36. The molecule has 0 aliphatic heterocycles. The van der Waals surface area contributed by atoms with Gasteiger partial charge in [-0.15, -0.1) is 0 Å². The molecule has 0 aromatic carbocycles. The minimum absolute atomic E-state index is 0.0820. The van der Waals surface area contributed by atoms with Gasteiger partial charge in [0.15, 0.2) is 0 Å². The molecule has 70 valence electrons. The highest BCUT2D eigenvalue weighted by Crippen LogP contribution is 2.39. The van der Waals surface area contributed by atoms with E-state index >= 15 is 0 Å². The molecular formula is C7H13NO4. The molecule has 5 heteroatoms. The molecule has 0 spiro atoms. The quantitative estimate of drug-likeness (QED) is 0.460. The van der Waals surface area contributed by atoms with Crippen LogP contribution >= 0.6 is 0 Å². The number of carbonyl (C=O) groups is 1. The summed E-state index contributed by atoms with van der Waals surface area (Å²) >= 11 is 0. The van der Waals surface area contributed by atoms with E-state index in [1.807, 2.05) is 0 Å². The van der Waals surface area contributed by atoms with Gasteiger partial charge in [-0.25, -0.2) is 4.79 Å². The van der Waals surface area contributed by atoms with Crippen LogP contribution in [0.3, 0.4) is 0 Å². The number of rotatable bonds is 3. The van der Waals surface area contributed by atoms with Gasteiger partial charge >= 0.3 is 6.09 Å². The number of aliphatic hydroxyl groups excluding tert-OH is 2. The molecule has 12 heavy (non-hydrogen) atoms. The van der Waals surface area contributed by atoms with E-state index in [1.54, 1.807) is 0 Å². The lowest BCUT2D eigenvalue weighted by Crippen LogP contribution is -2.53. The fourth-order valence-corrected chi connectivity index (χ4v) is 1.57. The Bertz CT molecular complexity index is 170. The summed E-state index contributed by atoms with van der Waals surface area (Å²) in [5, 5.41) is 28.3. The lowest BCUT2D eigenvalue weighted by atomic mass is 9.66. The molecule has 0 unspecified atom stereocenters. The van der Waals surface area contributed by atoms with Crippen molar-refractivity contribution in [1.82, 2.24) is 5.32 Å². The summed E-state index contributed by atoms with van der Waals surface area (Å²) in [5.41, 5.74) is -0.451. The molecule has 1 aliphatic rings. The molecular weight excluding hydrogens is 162 g/mol. The number of amides is 1. The first kappa shape index (κ1) is 9.28. The van der Waals surface area contributed by atoms with Gasteiger partial charge < -0.3 is 20.6 Å². The molecule has 5 nitrogen and oxygen atoms in total. The zero-order valence-corrected chi connectivity index (χ0v) is 6.66. The van der Waals surface area contributed by atoms with E-state index in [1.165, 1.54) is 0 Å². The van der Waals surface area contributed by atoms with Gasteiger partial charge in [-0.3, -0.25) is 0 Å². The van der Waals surface area contributed by atoms with E-state index in [0.29, 0.717) is 12.8 Å². The van der Waals surface area contributed by atoms with Crippen LogP contribution in [-0.2, 0) is 0 Å². The van der Waals surface area contributed by atoms with Gasteiger partial charge in [0.05, 0.1) is 13.2 Å². The summed E-state index contributed by atoms with van der Waals surface area (Å²) in [6.07, 6.45) is -0.0111. The smallest absolute Gasteiger partial charge is 0.404 e. The third kappa shape index (κ3) is 1.67. The van der Waals surface area contributed by atoms with Crippen LogP contribution in [0.2, 0.25) is 0 Å². The van der Waals surface area contributed by atoms with E-state index < -0.39 is 11.5 Å². The fourth-order valence-electron chi connectivity index (χ4n) is 1.57. The summed E-state index contributed by atoms with van der Waals surface area (Å²) < 4.78 is 0. The SMILES string of the molecule is O=C(O)NC1CC(CO)(CO)C1. The van der Waals surface area contributed by atoms with Crippen LogP contribution in [0, 0.1) is 5.41 Å². The molecule has 0 heterocycles. The van der Waals surface area contributed by atoms with Crippen LogP contribution in [0.4, 0.5) is 4.79 Å². The highest BCUT2D eigenvalue weighted by atomic mass is 16.4. The van der Waals surface area contributed by atoms with Crippen LogP contribution in [0.25, 0.3) is 0 Å². The second-order valence-electron chi connectivity index (χ2n) is 3.37. The summed E-state index contributed by atoms with van der Waals surface area (Å²) in [4.78, 5) is 10.2. The Morgan fingerprint density at radius 2 is 1.92 bits per heavy atom. The first-order valence-corrected chi connectivity index (χ1v) is 3.83. The normalized spacial score (nSPS) is 21.5. The number of hydrogen-bond acceptors (Lipinski definition) is 3. The molecule has 1 rings (SSSR count). The Kier molecular flexibility index (Phi) is 2.54. The third-order valence-corrected chi connectivity index (χ3v) is 2.36. The average molecular weight is 175 g/mol. The summed E-state index contributed by atoms with van der Waals surface area (Å²) in [6, 6.07) is -0.109. The van der Waals surface area contributed by atoms with E-state index in [-0.39, 0.29) is 19.3 Å². The molecule has 0 radical (unpaired) electrons. The second kappa shape index (κ2) is 3.28. The van der Waals surface area contributed by atoms with E-state index in [4.69, 9.17) is 15.3 Å². The molecule has 0 bridgehead atoms.